The second-order valence-corrected chi connectivity index (χ2v) is 5.54. The van der Waals surface area contributed by atoms with E-state index in [1.165, 1.54) is 23.1 Å². The second kappa shape index (κ2) is 5.88. The van der Waals surface area contributed by atoms with E-state index in [1.807, 2.05) is 13.2 Å². The first-order chi connectivity index (χ1) is 10.2. The maximum absolute atomic E-state index is 13.1. The molecule has 0 aliphatic rings. The Morgan fingerprint density at radius 2 is 2.00 bits per heavy atom. The number of aromatic amines is 1. The normalized spacial score (nSPS) is 11.2. The number of aromatic nitrogens is 1. The molecular formula is C17H16ClFN2. The van der Waals surface area contributed by atoms with Crippen LogP contribution in [0.2, 0.25) is 5.02 Å². The van der Waals surface area contributed by atoms with Crippen molar-refractivity contribution in [1.82, 2.24) is 10.3 Å². The van der Waals surface area contributed by atoms with Gasteiger partial charge in [0.25, 0.3) is 0 Å². The Morgan fingerprint density at radius 3 is 2.76 bits per heavy atom. The number of H-pyrrole nitrogens is 1. The van der Waals surface area contributed by atoms with E-state index in [4.69, 9.17) is 11.6 Å². The number of nitrogens with one attached hydrogen (secondary N) is 2. The van der Waals surface area contributed by atoms with Crippen LogP contribution in [0.25, 0.3) is 10.9 Å². The molecule has 3 aromatic rings. The van der Waals surface area contributed by atoms with Crippen molar-refractivity contribution >= 4 is 22.5 Å². The monoisotopic (exact) mass is 302 g/mol. The molecule has 4 heteroatoms. The number of hydrogen-bond donors (Lipinski definition) is 2. The van der Waals surface area contributed by atoms with Crippen LogP contribution in [0.5, 0.6) is 0 Å². The molecule has 0 saturated heterocycles. The number of fused-ring (bicyclic) bond motifs is 1. The van der Waals surface area contributed by atoms with E-state index in [0.717, 1.165) is 23.2 Å². The van der Waals surface area contributed by atoms with E-state index < -0.39 is 0 Å². The highest BCUT2D eigenvalue weighted by molar-refractivity contribution is 6.31. The van der Waals surface area contributed by atoms with Gasteiger partial charge in [0, 0.05) is 28.7 Å². The van der Waals surface area contributed by atoms with Crippen molar-refractivity contribution in [2.45, 2.75) is 13.0 Å². The smallest absolute Gasteiger partial charge is 0.124 e. The zero-order chi connectivity index (χ0) is 14.8. The highest BCUT2D eigenvalue weighted by Gasteiger charge is 2.07. The first kappa shape index (κ1) is 14.1. The lowest BCUT2D eigenvalue weighted by Gasteiger charge is -2.05. The summed E-state index contributed by atoms with van der Waals surface area (Å²) in [4.78, 5) is 3.29. The average Bonchev–Trinajstić information content (AvgIpc) is 2.85. The molecule has 3 rings (SSSR count). The predicted molar refractivity (Wildman–Crippen MR) is 85.3 cm³/mol. The summed E-state index contributed by atoms with van der Waals surface area (Å²) in [5, 5.41) is 4.85. The van der Waals surface area contributed by atoms with E-state index in [2.05, 4.69) is 28.5 Å². The lowest BCUT2D eigenvalue weighted by Crippen LogP contribution is -2.03. The molecule has 0 aliphatic carbocycles. The standard InChI is InChI=1S/C17H16ClFN2/c1-20-9-13-10-21-17-7-11(2-5-15(13)17)6-12-3-4-14(19)8-16(12)18/h2-5,7-8,10,20-21H,6,9H2,1H3. The minimum Gasteiger partial charge on any atom is -0.361 e. The zero-order valence-corrected chi connectivity index (χ0v) is 12.5. The summed E-state index contributed by atoms with van der Waals surface area (Å²) in [6, 6.07) is 10.9. The molecule has 0 spiro atoms. The van der Waals surface area contributed by atoms with E-state index in [-0.39, 0.29) is 5.82 Å². The molecule has 0 saturated carbocycles. The molecule has 21 heavy (non-hydrogen) atoms. The van der Waals surface area contributed by atoms with Crippen LogP contribution in [0.15, 0.2) is 42.6 Å². The molecule has 0 fully saturated rings. The third kappa shape index (κ3) is 2.94. The molecule has 0 amide bonds. The maximum Gasteiger partial charge on any atom is 0.124 e. The molecule has 0 aliphatic heterocycles. The molecule has 2 nitrogen and oxygen atoms in total. The number of rotatable bonds is 4. The first-order valence-corrected chi connectivity index (χ1v) is 7.22. The fourth-order valence-corrected chi connectivity index (χ4v) is 2.80. The molecule has 108 valence electrons. The van der Waals surface area contributed by atoms with Gasteiger partial charge < -0.3 is 10.3 Å². The Balaban J connectivity index is 1.91. The van der Waals surface area contributed by atoms with Crippen LogP contribution in [0.4, 0.5) is 4.39 Å². The second-order valence-electron chi connectivity index (χ2n) is 5.14. The van der Waals surface area contributed by atoms with Gasteiger partial charge in [-0.3, -0.25) is 0 Å². The van der Waals surface area contributed by atoms with Crippen molar-refractivity contribution in [2.75, 3.05) is 7.05 Å². The van der Waals surface area contributed by atoms with Gasteiger partial charge in [-0.2, -0.15) is 0 Å². The lowest BCUT2D eigenvalue weighted by atomic mass is 10.0. The molecule has 0 atom stereocenters. The Hall–Kier alpha value is -1.84. The maximum atomic E-state index is 13.1. The third-order valence-electron chi connectivity index (χ3n) is 3.61. The van der Waals surface area contributed by atoms with Gasteiger partial charge in [-0.25, -0.2) is 4.39 Å². The van der Waals surface area contributed by atoms with Crippen LogP contribution >= 0.6 is 11.6 Å². The zero-order valence-electron chi connectivity index (χ0n) is 11.7. The van der Waals surface area contributed by atoms with E-state index >= 15 is 0 Å². The van der Waals surface area contributed by atoms with Gasteiger partial charge in [0.15, 0.2) is 0 Å². The quantitative estimate of drug-likeness (QED) is 0.740. The summed E-state index contributed by atoms with van der Waals surface area (Å²) in [5.41, 5.74) is 4.43. The Kier molecular flexibility index (Phi) is 3.95. The number of halogens is 2. The van der Waals surface area contributed by atoms with Crippen LogP contribution in [0.3, 0.4) is 0 Å². The first-order valence-electron chi connectivity index (χ1n) is 6.85. The van der Waals surface area contributed by atoms with Crippen molar-refractivity contribution in [1.29, 1.82) is 0 Å². The van der Waals surface area contributed by atoms with Gasteiger partial charge in [0.05, 0.1) is 0 Å². The predicted octanol–water partition coefficient (Wildman–Crippen LogP) is 4.27. The largest absolute Gasteiger partial charge is 0.361 e. The van der Waals surface area contributed by atoms with Gasteiger partial charge in [-0.1, -0.05) is 29.8 Å². The van der Waals surface area contributed by atoms with Crippen LogP contribution < -0.4 is 5.32 Å². The summed E-state index contributed by atoms with van der Waals surface area (Å²) < 4.78 is 13.1. The van der Waals surface area contributed by atoms with E-state index in [1.54, 1.807) is 6.07 Å². The van der Waals surface area contributed by atoms with Gasteiger partial charge >= 0.3 is 0 Å². The highest BCUT2D eigenvalue weighted by Crippen LogP contribution is 2.24. The van der Waals surface area contributed by atoms with Crippen molar-refractivity contribution in [3.05, 3.63) is 70.1 Å². The molecule has 2 N–H and O–H groups in total. The fraction of sp³-hybridized carbons (Fsp3) is 0.176. The fourth-order valence-electron chi connectivity index (χ4n) is 2.57. The molecule has 0 bridgehead atoms. The van der Waals surface area contributed by atoms with Gasteiger partial charge in [0.2, 0.25) is 0 Å². The van der Waals surface area contributed by atoms with Gasteiger partial charge in [0.1, 0.15) is 5.82 Å². The van der Waals surface area contributed by atoms with Crippen LogP contribution in [0, 0.1) is 5.82 Å². The summed E-state index contributed by atoms with van der Waals surface area (Å²) in [7, 11) is 1.93. The Bertz CT molecular complexity index is 780. The lowest BCUT2D eigenvalue weighted by molar-refractivity contribution is 0.627. The van der Waals surface area contributed by atoms with Crippen LogP contribution in [-0.2, 0) is 13.0 Å². The SMILES string of the molecule is CNCc1c[nH]c2cc(Cc3ccc(F)cc3Cl)ccc12. The minimum absolute atomic E-state index is 0.305. The van der Waals surface area contributed by atoms with E-state index in [9.17, 15) is 4.39 Å². The topological polar surface area (TPSA) is 27.8 Å². The third-order valence-corrected chi connectivity index (χ3v) is 3.96. The summed E-state index contributed by atoms with van der Waals surface area (Å²) in [6.07, 6.45) is 2.71. The molecule has 1 heterocycles. The molecule has 1 aromatic heterocycles. The van der Waals surface area contributed by atoms with Crippen molar-refractivity contribution in [3.8, 4) is 0 Å². The Morgan fingerprint density at radius 1 is 1.14 bits per heavy atom. The van der Waals surface area contributed by atoms with Crippen LogP contribution in [-0.4, -0.2) is 12.0 Å². The van der Waals surface area contributed by atoms with E-state index in [0.29, 0.717) is 11.4 Å². The summed E-state index contributed by atoms with van der Waals surface area (Å²) in [5.74, 6) is -0.305. The molecule has 2 aromatic carbocycles. The Labute approximate surface area is 127 Å². The van der Waals surface area contributed by atoms with Crippen molar-refractivity contribution in [3.63, 3.8) is 0 Å². The van der Waals surface area contributed by atoms with Crippen LogP contribution in [0.1, 0.15) is 16.7 Å². The number of hydrogen-bond acceptors (Lipinski definition) is 1. The van der Waals surface area contributed by atoms with Crippen molar-refractivity contribution < 1.29 is 4.39 Å². The number of benzene rings is 2. The molecule has 0 unspecified atom stereocenters. The van der Waals surface area contributed by atoms with Gasteiger partial charge in [-0.05, 0) is 48.4 Å². The minimum atomic E-state index is -0.305. The summed E-state index contributed by atoms with van der Waals surface area (Å²) in [6.45, 7) is 0.836. The molecule has 0 radical (unpaired) electrons. The van der Waals surface area contributed by atoms with Gasteiger partial charge in [-0.15, -0.1) is 0 Å². The summed E-state index contributed by atoms with van der Waals surface area (Å²) >= 11 is 6.09. The highest BCUT2D eigenvalue weighted by atomic mass is 35.5. The average molecular weight is 303 g/mol. The molecular weight excluding hydrogens is 287 g/mol. The van der Waals surface area contributed by atoms with Crippen molar-refractivity contribution in [2.24, 2.45) is 0 Å².